The summed E-state index contributed by atoms with van der Waals surface area (Å²) in [4.78, 5) is 3.00. The summed E-state index contributed by atoms with van der Waals surface area (Å²) in [5.74, 6) is 0. The third-order valence-electron chi connectivity index (χ3n) is 2.96. The molecule has 1 unspecified atom stereocenters. The van der Waals surface area contributed by atoms with Gasteiger partial charge in [-0.3, -0.25) is 4.98 Å². The zero-order chi connectivity index (χ0) is 18.0. The molecule has 1 aromatic heterocycles. The Labute approximate surface area is 140 Å². The highest BCUT2D eigenvalue weighted by Gasteiger charge is 2.43. The number of aromatic nitrogens is 1. The van der Waals surface area contributed by atoms with Crippen LogP contribution in [0.3, 0.4) is 0 Å². The second kappa shape index (κ2) is 6.76. The summed E-state index contributed by atoms with van der Waals surface area (Å²) in [7, 11) is -4.55. The van der Waals surface area contributed by atoms with Crippen molar-refractivity contribution in [2.45, 2.75) is 17.1 Å². The molecule has 0 aliphatic carbocycles. The van der Waals surface area contributed by atoms with Gasteiger partial charge in [0.2, 0.25) is 10.0 Å². The van der Waals surface area contributed by atoms with Gasteiger partial charge in [0, 0.05) is 17.4 Å². The molecule has 2 aromatic rings. The van der Waals surface area contributed by atoms with E-state index in [0.29, 0.717) is 0 Å². The normalized spacial score (nSPS) is 13.3. The number of nitriles is 1. The third kappa shape index (κ3) is 4.23. The fourth-order valence-electron chi connectivity index (χ4n) is 1.83. The van der Waals surface area contributed by atoms with E-state index in [-0.39, 0.29) is 16.1 Å². The molecule has 126 valence electrons. The van der Waals surface area contributed by atoms with Crippen molar-refractivity contribution in [2.24, 2.45) is 0 Å². The van der Waals surface area contributed by atoms with Crippen LogP contribution in [-0.4, -0.2) is 19.6 Å². The Hall–Kier alpha value is -2.15. The summed E-state index contributed by atoms with van der Waals surface area (Å²) in [6.45, 7) is 0. The molecule has 0 amide bonds. The molecule has 5 nitrogen and oxygen atoms in total. The van der Waals surface area contributed by atoms with Crippen LogP contribution in [0.2, 0.25) is 5.02 Å². The topological polar surface area (TPSA) is 82.8 Å². The Morgan fingerprint density at radius 1 is 1.21 bits per heavy atom. The second-order valence-corrected chi connectivity index (χ2v) is 6.82. The first kappa shape index (κ1) is 18.2. The lowest BCUT2D eigenvalue weighted by molar-refractivity contribution is -0.153. The molecule has 2 rings (SSSR count). The highest BCUT2D eigenvalue weighted by Crippen LogP contribution is 2.34. The van der Waals surface area contributed by atoms with Crippen LogP contribution in [0.25, 0.3) is 0 Å². The highest BCUT2D eigenvalue weighted by molar-refractivity contribution is 7.89. The maximum absolute atomic E-state index is 13.3. The van der Waals surface area contributed by atoms with Crippen molar-refractivity contribution in [3.8, 4) is 6.07 Å². The first-order valence-electron chi connectivity index (χ1n) is 6.33. The molecular formula is C14H9ClF3N3O2S. The summed E-state index contributed by atoms with van der Waals surface area (Å²) < 4.78 is 65.8. The monoisotopic (exact) mass is 375 g/mol. The average Bonchev–Trinajstić information content (AvgIpc) is 2.53. The minimum Gasteiger partial charge on any atom is -0.262 e. The smallest absolute Gasteiger partial charge is 0.262 e. The number of hydrogen-bond donors (Lipinski definition) is 1. The number of nitrogens with zero attached hydrogens (tertiary/aromatic N) is 2. The minimum atomic E-state index is -4.87. The molecule has 1 atom stereocenters. The number of alkyl halides is 3. The molecule has 0 bridgehead atoms. The van der Waals surface area contributed by atoms with E-state index >= 15 is 0 Å². The summed E-state index contributed by atoms with van der Waals surface area (Å²) >= 11 is 5.63. The van der Waals surface area contributed by atoms with Crippen LogP contribution in [-0.2, 0) is 10.0 Å². The molecule has 0 aliphatic rings. The van der Waals surface area contributed by atoms with Gasteiger partial charge in [-0.05, 0) is 23.8 Å². The second-order valence-electron chi connectivity index (χ2n) is 4.67. The van der Waals surface area contributed by atoms with E-state index in [1.54, 1.807) is 10.8 Å². The molecule has 0 radical (unpaired) electrons. The van der Waals surface area contributed by atoms with Gasteiger partial charge in [-0.25, -0.2) is 8.42 Å². The van der Waals surface area contributed by atoms with Crippen molar-refractivity contribution in [2.75, 3.05) is 0 Å². The van der Waals surface area contributed by atoms with Gasteiger partial charge in [-0.2, -0.15) is 23.2 Å². The van der Waals surface area contributed by atoms with Gasteiger partial charge in [0.1, 0.15) is 17.0 Å². The van der Waals surface area contributed by atoms with E-state index in [1.807, 2.05) is 0 Å². The maximum atomic E-state index is 13.3. The number of rotatable bonds is 4. The van der Waals surface area contributed by atoms with Crippen LogP contribution in [0.1, 0.15) is 17.2 Å². The van der Waals surface area contributed by atoms with Crippen LogP contribution >= 0.6 is 11.6 Å². The van der Waals surface area contributed by atoms with Gasteiger partial charge in [0.05, 0.1) is 5.56 Å². The molecular weight excluding hydrogens is 367 g/mol. The predicted molar refractivity (Wildman–Crippen MR) is 79.5 cm³/mol. The standard InChI is InChI=1S/C14H9ClF3N3O2S/c15-11-3-1-10(2-4-11)13(14(16,17)18)21-24(22,23)12-5-9(6-19)7-20-8-12/h1-5,7-8,13,21H. The molecule has 10 heteroatoms. The molecule has 0 aliphatic heterocycles. The number of halogens is 4. The number of hydrogen-bond acceptors (Lipinski definition) is 4. The maximum Gasteiger partial charge on any atom is 0.408 e. The summed E-state index contributed by atoms with van der Waals surface area (Å²) in [6.07, 6.45) is -2.92. The Morgan fingerprint density at radius 3 is 2.38 bits per heavy atom. The van der Waals surface area contributed by atoms with Gasteiger partial charge in [-0.15, -0.1) is 0 Å². The van der Waals surface area contributed by atoms with Crippen LogP contribution in [0.5, 0.6) is 0 Å². The predicted octanol–water partition coefficient (Wildman–Crippen LogP) is 3.19. The van der Waals surface area contributed by atoms with Crippen LogP contribution < -0.4 is 4.72 Å². The van der Waals surface area contributed by atoms with Crippen LogP contribution in [0, 0.1) is 11.3 Å². The first-order valence-corrected chi connectivity index (χ1v) is 8.19. The fourth-order valence-corrected chi connectivity index (χ4v) is 3.15. The molecule has 1 N–H and O–H groups in total. The lowest BCUT2D eigenvalue weighted by Gasteiger charge is -2.22. The van der Waals surface area contributed by atoms with Gasteiger partial charge >= 0.3 is 6.18 Å². The van der Waals surface area contributed by atoms with Crippen molar-refractivity contribution in [3.63, 3.8) is 0 Å². The van der Waals surface area contributed by atoms with Crippen LogP contribution in [0.4, 0.5) is 13.2 Å². The van der Waals surface area contributed by atoms with Crippen molar-refractivity contribution < 1.29 is 21.6 Å². The first-order chi connectivity index (χ1) is 11.1. The molecule has 0 fully saturated rings. The van der Waals surface area contributed by atoms with Crippen molar-refractivity contribution in [3.05, 3.63) is 58.9 Å². The van der Waals surface area contributed by atoms with Gasteiger partial charge in [0.25, 0.3) is 0 Å². The van der Waals surface area contributed by atoms with Crippen LogP contribution in [0.15, 0.2) is 47.6 Å². The summed E-state index contributed by atoms with van der Waals surface area (Å²) in [5.41, 5.74) is -0.409. The van der Waals surface area contributed by atoms with Crippen molar-refractivity contribution >= 4 is 21.6 Å². The van der Waals surface area contributed by atoms with E-state index in [1.165, 1.54) is 12.1 Å². The van der Waals surface area contributed by atoms with E-state index in [2.05, 4.69) is 4.98 Å². The number of sulfonamides is 1. The SMILES string of the molecule is N#Cc1cncc(S(=O)(=O)NC(c2ccc(Cl)cc2)C(F)(F)F)c1. The zero-order valence-electron chi connectivity index (χ0n) is 11.7. The highest BCUT2D eigenvalue weighted by atomic mass is 35.5. The lowest BCUT2D eigenvalue weighted by atomic mass is 10.1. The van der Waals surface area contributed by atoms with E-state index in [9.17, 15) is 21.6 Å². The van der Waals surface area contributed by atoms with E-state index in [0.717, 1.165) is 30.6 Å². The lowest BCUT2D eigenvalue weighted by Crippen LogP contribution is -2.38. The molecule has 1 heterocycles. The molecule has 24 heavy (non-hydrogen) atoms. The Balaban J connectivity index is 2.42. The minimum absolute atomic E-state index is 0.0899. The quantitative estimate of drug-likeness (QED) is 0.889. The van der Waals surface area contributed by atoms with Crippen molar-refractivity contribution in [1.29, 1.82) is 5.26 Å². The number of nitrogens with one attached hydrogen (secondary N) is 1. The third-order valence-corrected chi connectivity index (χ3v) is 4.60. The van der Waals surface area contributed by atoms with E-state index < -0.39 is 27.1 Å². The molecule has 0 spiro atoms. The Bertz CT molecular complexity index is 877. The fraction of sp³-hybridized carbons (Fsp3) is 0.143. The van der Waals surface area contributed by atoms with E-state index in [4.69, 9.17) is 16.9 Å². The average molecular weight is 376 g/mol. The zero-order valence-corrected chi connectivity index (χ0v) is 13.3. The van der Waals surface area contributed by atoms with Gasteiger partial charge in [-0.1, -0.05) is 23.7 Å². The Morgan fingerprint density at radius 2 is 1.83 bits per heavy atom. The largest absolute Gasteiger partial charge is 0.408 e. The number of benzene rings is 1. The molecule has 0 saturated carbocycles. The van der Waals surface area contributed by atoms with Gasteiger partial charge < -0.3 is 0 Å². The summed E-state index contributed by atoms with van der Waals surface area (Å²) in [6, 6.07) is 4.74. The van der Waals surface area contributed by atoms with Gasteiger partial charge in [0.15, 0.2) is 0 Å². The number of pyridine rings is 1. The van der Waals surface area contributed by atoms with Crippen molar-refractivity contribution in [1.82, 2.24) is 9.71 Å². The Kier molecular flexibility index (Phi) is 5.13. The molecule has 1 aromatic carbocycles. The summed E-state index contributed by atoms with van der Waals surface area (Å²) in [5, 5.41) is 8.96. The molecule has 0 saturated heterocycles.